The van der Waals surface area contributed by atoms with E-state index in [1.54, 1.807) is 12.3 Å². The molecule has 27 heavy (non-hydrogen) atoms. The Morgan fingerprint density at radius 1 is 1.11 bits per heavy atom. The second kappa shape index (κ2) is 7.40. The SMILES string of the molecule is Cc1ccc(Cc2cnc(NC(=O)[C@H]3Oc4ccccc4O[C@@H]3C)s2)cc1. The topological polar surface area (TPSA) is 60.5 Å². The van der Waals surface area contributed by atoms with Crippen LogP contribution in [0.5, 0.6) is 11.5 Å². The van der Waals surface area contributed by atoms with Crippen LogP contribution in [0.1, 0.15) is 22.9 Å². The van der Waals surface area contributed by atoms with E-state index in [-0.39, 0.29) is 12.0 Å². The van der Waals surface area contributed by atoms with E-state index < -0.39 is 6.10 Å². The van der Waals surface area contributed by atoms with E-state index in [4.69, 9.17) is 9.47 Å². The van der Waals surface area contributed by atoms with Crippen molar-refractivity contribution in [3.05, 3.63) is 70.7 Å². The summed E-state index contributed by atoms with van der Waals surface area (Å²) in [4.78, 5) is 18.1. The number of anilines is 1. The largest absolute Gasteiger partial charge is 0.482 e. The van der Waals surface area contributed by atoms with Gasteiger partial charge in [-0.3, -0.25) is 10.1 Å². The van der Waals surface area contributed by atoms with Gasteiger partial charge in [-0.1, -0.05) is 42.0 Å². The molecule has 0 spiro atoms. The van der Waals surface area contributed by atoms with Crippen molar-refractivity contribution < 1.29 is 14.3 Å². The second-order valence-electron chi connectivity index (χ2n) is 6.59. The van der Waals surface area contributed by atoms with Gasteiger partial charge in [0, 0.05) is 17.5 Å². The van der Waals surface area contributed by atoms with Gasteiger partial charge in [-0.05, 0) is 31.5 Å². The van der Waals surface area contributed by atoms with E-state index in [0.717, 1.165) is 11.3 Å². The molecule has 1 aliphatic rings. The normalized spacial score (nSPS) is 18.1. The lowest BCUT2D eigenvalue weighted by atomic mass is 10.1. The Labute approximate surface area is 162 Å². The molecule has 138 valence electrons. The van der Waals surface area contributed by atoms with Crippen molar-refractivity contribution in [3.63, 3.8) is 0 Å². The molecule has 2 aromatic carbocycles. The first-order valence-corrected chi connectivity index (χ1v) is 9.63. The molecule has 2 heterocycles. The van der Waals surface area contributed by atoms with Crippen molar-refractivity contribution in [3.8, 4) is 11.5 Å². The zero-order valence-electron chi connectivity index (χ0n) is 15.1. The molecule has 0 saturated carbocycles. The first kappa shape index (κ1) is 17.5. The molecule has 1 aromatic heterocycles. The molecular weight excluding hydrogens is 360 g/mol. The van der Waals surface area contributed by atoms with Crippen molar-refractivity contribution in [2.45, 2.75) is 32.5 Å². The summed E-state index contributed by atoms with van der Waals surface area (Å²) in [5, 5.41) is 3.42. The van der Waals surface area contributed by atoms with E-state index in [9.17, 15) is 4.79 Å². The van der Waals surface area contributed by atoms with Crippen molar-refractivity contribution in [1.29, 1.82) is 0 Å². The minimum atomic E-state index is -0.718. The molecule has 5 nitrogen and oxygen atoms in total. The molecular formula is C21H20N2O3S. The van der Waals surface area contributed by atoms with Crippen LogP contribution in [0, 0.1) is 6.92 Å². The zero-order valence-corrected chi connectivity index (χ0v) is 16.0. The number of nitrogens with zero attached hydrogens (tertiary/aromatic N) is 1. The summed E-state index contributed by atoms with van der Waals surface area (Å²) in [6, 6.07) is 15.8. The summed E-state index contributed by atoms with van der Waals surface area (Å²) in [5.41, 5.74) is 2.46. The summed E-state index contributed by atoms with van der Waals surface area (Å²) < 4.78 is 11.6. The second-order valence-corrected chi connectivity index (χ2v) is 7.71. The molecule has 0 radical (unpaired) electrons. The van der Waals surface area contributed by atoms with Gasteiger partial charge in [-0.15, -0.1) is 11.3 Å². The predicted molar refractivity (Wildman–Crippen MR) is 106 cm³/mol. The fraction of sp³-hybridized carbons (Fsp3) is 0.238. The van der Waals surface area contributed by atoms with Crippen LogP contribution < -0.4 is 14.8 Å². The van der Waals surface area contributed by atoms with Gasteiger partial charge in [0.05, 0.1) is 0 Å². The average Bonchev–Trinajstić information content (AvgIpc) is 3.09. The number of rotatable bonds is 4. The van der Waals surface area contributed by atoms with Crippen molar-refractivity contribution in [2.24, 2.45) is 0 Å². The first-order valence-electron chi connectivity index (χ1n) is 8.82. The van der Waals surface area contributed by atoms with E-state index in [2.05, 4.69) is 41.5 Å². The van der Waals surface area contributed by atoms with Crippen LogP contribution in [0.4, 0.5) is 5.13 Å². The standard InChI is InChI=1S/C21H20N2O3S/c1-13-7-9-15(10-8-13)11-16-12-22-21(27-16)23-20(24)19-14(2)25-17-5-3-4-6-18(17)26-19/h3-10,12,14,19H,11H2,1-2H3,(H,22,23,24)/t14-,19+/m1/s1. The average molecular weight is 380 g/mol. The number of ether oxygens (including phenoxy) is 2. The van der Waals surface area contributed by atoms with E-state index in [1.807, 2.05) is 25.1 Å². The molecule has 3 aromatic rings. The maximum atomic E-state index is 12.6. The Bertz CT molecular complexity index is 952. The molecule has 2 atom stereocenters. The highest BCUT2D eigenvalue weighted by Crippen LogP contribution is 2.34. The summed E-state index contributed by atoms with van der Waals surface area (Å²) in [6.07, 6.45) is 1.49. The lowest BCUT2D eigenvalue weighted by molar-refractivity contribution is -0.128. The third-order valence-electron chi connectivity index (χ3n) is 4.38. The van der Waals surface area contributed by atoms with Crippen molar-refractivity contribution in [2.75, 3.05) is 5.32 Å². The quantitative estimate of drug-likeness (QED) is 0.737. The number of para-hydroxylation sites is 2. The van der Waals surface area contributed by atoms with Gasteiger partial charge in [0.1, 0.15) is 6.10 Å². The highest BCUT2D eigenvalue weighted by molar-refractivity contribution is 7.15. The molecule has 0 aliphatic carbocycles. The summed E-state index contributed by atoms with van der Waals surface area (Å²) >= 11 is 1.47. The van der Waals surface area contributed by atoms with E-state index >= 15 is 0 Å². The number of aromatic nitrogens is 1. The van der Waals surface area contributed by atoms with Gasteiger partial charge in [-0.25, -0.2) is 4.98 Å². The van der Waals surface area contributed by atoms with E-state index in [0.29, 0.717) is 16.6 Å². The molecule has 1 aliphatic heterocycles. The number of aryl methyl sites for hydroxylation is 1. The number of hydrogen-bond acceptors (Lipinski definition) is 5. The number of carbonyl (C=O) groups excluding carboxylic acids is 1. The highest BCUT2D eigenvalue weighted by Gasteiger charge is 2.34. The molecule has 1 N–H and O–H groups in total. The van der Waals surface area contributed by atoms with Gasteiger partial charge in [0.25, 0.3) is 5.91 Å². The third kappa shape index (κ3) is 3.95. The van der Waals surface area contributed by atoms with Crippen molar-refractivity contribution in [1.82, 2.24) is 4.98 Å². The Hall–Kier alpha value is -2.86. The van der Waals surface area contributed by atoms with Gasteiger partial charge < -0.3 is 9.47 Å². The minimum absolute atomic E-state index is 0.256. The fourth-order valence-electron chi connectivity index (χ4n) is 2.94. The lowest BCUT2D eigenvalue weighted by Crippen LogP contribution is -2.46. The maximum Gasteiger partial charge on any atom is 0.271 e. The molecule has 0 unspecified atom stereocenters. The maximum absolute atomic E-state index is 12.6. The lowest BCUT2D eigenvalue weighted by Gasteiger charge is -2.30. The van der Waals surface area contributed by atoms with Crippen LogP contribution in [0.2, 0.25) is 0 Å². The Kier molecular flexibility index (Phi) is 4.81. The number of carbonyl (C=O) groups is 1. The Balaban J connectivity index is 1.41. The van der Waals surface area contributed by atoms with Crippen LogP contribution in [-0.2, 0) is 11.2 Å². The smallest absolute Gasteiger partial charge is 0.271 e. The van der Waals surface area contributed by atoms with Crippen molar-refractivity contribution >= 4 is 22.4 Å². The zero-order chi connectivity index (χ0) is 18.8. The minimum Gasteiger partial charge on any atom is -0.482 e. The Morgan fingerprint density at radius 3 is 2.56 bits per heavy atom. The third-order valence-corrected chi connectivity index (χ3v) is 5.30. The first-order chi connectivity index (χ1) is 13.1. The van der Waals surface area contributed by atoms with Crippen LogP contribution in [0.15, 0.2) is 54.7 Å². The molecule has 0 saturated heterocycles. The Morgan fingerprint density at radius 2 is 1.81 bits per heavy atom. The van der Waals surface area contributed by atoms with Crippen LogP contribution in [0.3, 0.4) is 0 Å². The molecule has 0 bridgehead atoms. The van der Waals surface area contributed by atoms with Crippen LogP contribution in [-0.4, -0.2) is 23.1 Å². The molecule has 0 fully saturated rings. The number of benzene rings is 2. The van der Waals surface area contributed by atoms with Crippen LogP contribution in [0.25, 0.3) is 0 Å². The van der Waals surface area contributed by atoms with Gasteiger partial charge >= 0.3 is 0 Å². The monoisotopic (exact) mass is 380 g/mol. The van der Waals surface area contributed by atoms with Gasteiger partial charge in [0.15, 0.2) is 16.6 Å². The summed E-state index contributed by atoms with van der Waals surface area (Å²) in [5.74, 6) is 0.979. The molecule has 1 amide bonds. The fourth-order valence-corrected chi connectivity index (χ4v) is 3.79. The highest BCUT2D eigenvalue weighted by atomic mass is 32.1. The number of hydrogen-bond donors (Lipinski definition) is 1. The molecule has 4 rings (SSSR count). The predicted octanol–water partition coefficient (Wildman–Crippen LogP) is 4.21. The molecule has 6 heteroatoms. The van der Waals surface area contributed by atoms with Crippen LogP contribution >= 0.6 is 11.3 Å². The van der Waals surface area contributed by atoms with E-state index in [1.165, 1.54) is 22.5 Å². The number of amides is 1. The van der Waals surface area contributed by atoms with Gasteiger partial charge in [0.2, 0.25) is 6.10 Å². The number of fused-ring (bicyclic) bond motifs is 1. The summed E-state index contributed by atoms with van der Waals surface area (Å²) in [7, 11) is 0. The number of nitrogens with one attached hydrogen (secondary N) is 1. The number of thiazole rings is 1. The van der Waals surface area contributed by atoms with Gasteiger partial charge in [-0.2, -0.15) is 0 Å². The summed E-state index contributed by atoms with van der Waals surface area (Å²) in [6.45, 7) is 3.89.